The van der Waals surface area contributed by atoms with E-state index in [1.165, 1.54) is 0 Å². The summed E-state index contributed by atoms with van der Waals surface area (Å²) >= 11 is 3.34. The van der Waals surface area contributed by atoms with Gasteiger partial charge in [-0.3, -0.25) is 9.59 Å². The molecule has 1 rings (SSSR count). The van der Waals surface area contributed by atoms with Crippen LogP contribution in [0.4, 0.5) is 5.69 Å². The maximum Gasteiger partial charge on any atom is 0.308 e. The molecule has 0 saturated heterocycles. The monoisotopic (exact) mass is 328 g/mol. The van der Waals surface area contributed by atoms with Gasteiger partial charge in [0.15, 0.2) is 0 Å². The van der Waals surface area contributed by atoms with Crippen molar-refractivity contribution in [1.29, 1.82) is 0 Å². The van der Waals surface area contributed by atoms with Crippen molar-refractivity contribution >= 4 is 33.5 Å². The largest absolute Gasteiger partial charge is 0.481 e. The summed E-state index contributed by atoms with van der Waals surface area (Å²) in [6.07, 6.45) is 0. The fourth-order valence-electron chi connectivity index (χ4n) is 1.78. The highest BCUT2D eigenvalue weighted by Gasteiger charge is 2.19. The van der Waals surface area contributed by atoms with Crippen LogP contribution in [-0.4, -0.2) is 30.1 Å². The second-order valence-electron chi connectivity index (χ2n) is 4.30. The average Bonchev–Trinajstić information content (AvgIpc) is 2.34. The van der Waals surface area contributed by atoms with E-state index >= 15 is 0 Å². The number of nitrogens with two attached hydrogens (primary N) is 1. The van der Waals surface area contributed by atoms with E-state index in [1.54, 1.807) is 25.1 Å². The van der Waals surface area contributed by atoms with Crippen molar-refractivity contribution in [3.63, 3.8) is 0 Å². The number of amides is 1. The zero-order valence-electron chi connectivity index (χ0n) is 10.9. The van der Waals surface area contributed by atoms with E-state index in [1.807, 2.05) is 11.8 Å². The molecule has 1 aromatic carbocycles. The molecule has 0 fully saturated rings. The Balaban J connectivity index is 3.13. The number of nitrogens with zero attached hydrogens (tertiary/aromatic N) is 1. The molecule has 5 nitrogen and oxygen atoms in total. The molecule has 1 aromatic rings. The molecule has 0 spiro atoms. The molecule has 0 radical (unpaired) electrons. The molecule has 0 bridgehead atoms. The number of carbonyl (C=O) groups excluding carboxylic acids is 1. The van der Waals surface area contributed by atoms with Crippen LogP contribution in [0.15, 0.2) is 22.7 Å². The SMILES string of the molecule is CCN(CC(C)C(=O)O)c1cc(Br)ccc1C(N)=O. The smallest absolute Gasteiger partial charge is 0.308 e. The maximum atomic E-state index is 11.4. The minimum atomic E-state index is -0.867. The van der Waals surface area contributed by atoms with Gasteiger partial charge in [-0.05, 0) is 25.1 Å². The number of hydrogen-bond acceptors (Lipinski definition) is 3. The first-order chi connectivity index (χ1) is 8.86. The number of carboxylic acid groups (broad SMARTS) is 1. The third-order valence-corrected chi connectivity index (χ3v) is 3.36. The summed E-state index contributed by atoms with van der Waals surface area (Å²) in [5.74, 6) is -1.92. The molecule has 1 amide bonds. The molecule has 104 valence electrons. The fourth-order valence-corrected chi connectivity index (χ4v) is 2.13. The normalized spacial score (nSPS) is 11.9. The number of benzene rings is 1. The molecule has 0 aliphatic rings. The lowest BCUT2D eigenvalue weighted by Crippen LogP contribution is -2.33. The molecule has 0 aliphatic heterocycles. The summed E-state index contributed by atoms with van der Waals surface area (Å²) < 4.78 is 0.814. The topological polar surface area (TPSA) is 83.6 Å². The molecule has 0 aromatic heterocycles. The summed E-state index contributed by atoms with van der Waals surface area (Å²) in [5, 5.41) is 8.98. The van der Waals surface area contributed by atoms with Gasteiger partial charge >= 0.3 is 5.97 Å². The van der Waals surface area contributed by atoms with Crippen LogP contribution in [-0.2, 0) is 4.79 Å². The van der Waals surface area contributed by atoms with Crippen LogP contribution in [0.1, 0.15) is 24.2 Å². The minimum Gasteiger partial charge on any atom is -0.481 e. The Morgan fingerprint density at radius 3 is 2.58 bits per heavy atom. The van der Waals surface area contributed by atoms with Crippen LogP contribution in [0.2, 0.25) is 0 Å². The maximum absolute atomic E-state index is 11.4. The van der Waals surface area contributed by atoms with Crippen molar-refractivity contribution in [2.24, 2.45) is 11.7 Å². The number of hydrogen-bond donors (Lipinski definition) is 2. The van der Waals surface area contributed by atoms with Gasteiger partial charge < -0.3 is 15.7 Å². The Bertz CT molecular complexity index is 491. The molecular weight excluding hydrogens is 312 g/mol. The first-order valence-electron chi connectivity index (χ1n) is 5.93. The molecule has 0 heterocycles. The minimum absolute atomic E-state index is 0.322. The van der Waals surface area contributed by atoms with Gasteiger partial charge in [0.1, 0.15) is 0 Å². The van der Waals surface area contributed by atoms with Gasteiger partial charge in [-0.15, -0.1) is 0 Å². The summed E-state index contributed by atoms with van der Waals surface area (Å²) in [6, 6.07) is 5.14. The van der Waals surface area contributed by atoms with Crippen molar-refractivity contribution in [1.82, 2.24) is 0 Å². The number of aliphatic carboxylic acids is 1. The highest BCUT2D eigenvalue weighted by molar-refractivity contribution is 9.10. The molecule has 6 heteroatoms. The van der Waals surface area contributed by atoms with E-state index in [-0.39, 0.29) is 0 Å². The predicted octanol–water partition coefficient (Wildman–Crippen LogP) is 2.09. The van der Waals surface area contributed by atoms with Gasteiger partial charge in [-0.2, -0.15) is 0 Å². The van der Waals surface area contributed by atoms with Gasteiger partial charge in [0.05, 0.1) is 17.2 Å². The lowest BCUT2D eigenvalue weighted by molar-refractivity contribution is -0.140. The highest BCUT2D eigenvalue weighted by Crippen LogP contribution is 2.25. The lowest BCUT2D eigenvalue weighted by atomic mass is 10.1. The van der Waals surface area contributed by atoms with Crippen LogP contribution >= 0.6 is 15.9 Å². The van der Waals surface area contributed by atoms with Crippen LogP contribution in [0, 0.1) is 5.92 Å². The lowest BCUT2D eigenvalue weighted by Gasteiger charge is -2.26. The van der Waals surface area contributed by atoms with Crippen molar-refractivity contribution in [3.05, 3.63) is 28.2 Å². The van der Waals surface area contributed by atoms with Crippen LogP contribution in [0.3, 0.4) is 0 Å². The predicted molar refractivity (Wildman–Crippen MR) is 77.3 cm³/mol. The third kappa shape index (κ3) is 3.96. The molecule has 19 heavy (non-hydrogen) atoms. The van der Waals surface area contributed by atoms with Crippen LogP contribution in [0.5, 0.6) is 0 Å². The summed E-state index contributed by atoms with van der Waals surface area (Å²) in [6.45, 7) is 4.45. The van der Waals surface area contributed by atoms with Gasteiger partial charge in [0.25, 0.3) is 5.91 Å². The zero-order chi connectivity index (χ0) is 14.6. The number of primary amides is 1. The summed E-state index contributed by atoms with van der Waals surface area (Å²) in [4.78, 5) is 24.2. The van der Waals surface area contributed by atoms with Gasteiger partial charge in [0.2, 0.25) is 0 Å². The van der Waals surface area contributed by atoms with E-state index < -0.39 is 17.8 Å². The van der Waals surface area contributed by atoms with Crippen LogP contribution < -0.4 is 10.6 Å². The standard InChI is InChI=1S/C13H17BrN2O3/c1-3-16(7-8(2)13(18)19)11-6-9(14)4-5-10(11)12(15)17/h4-6,8H,3,7H2,1-2H3,(H2,15,17)(H,18,19). The first-order valence-corrected chi connectivity index (χ1v) is 6.73. The molecule has 3 N–H and O–H groups in total. The number of rotatable bonds is 6. The van der Waals surface area contributed by atoms with Crippen molar-refractivity contribution in [2.75, 3.05) is 18.0 Å². The summed E-state index contributed by atoms with van der Waals surface area (Å²) in [5.41, 5.74) is 6.39. The number of carbonyl (C=O) groups is 2. The van der Waals surface area contributed by atoms with E-state index in [9.17, 15) is 9.59 Å². The van der Waals surface area contributed by atoms with Gasteiger partial charge in [0, 0.05) is 17.6 Å². The molecule has 0 saturated carbocycles. The van der Waals surface area contributed by atoms with Crippen LogP contribution in [0.25, 0.3) is 0 Å². The Labute approximate surface area is 120 Å². The van der Waals surface area contributed by atoms with Crippen molar-refractivity contribution < 1.29 is 14.7 Å². The van der Waals surface area contributed by atoms with E-state index in [0.29, 0.717) is 24.3 Å². The molecule has 1 atom stereocenters. The molecule has 1 unspecified atom stereocenters. The fraction of sp³-hybridized carbons (Fsp3) is 0.385. The Hall–Kier alpha value is -1.56. The molecular formula is C13H17BrN2O3. The second kappa shape index (κ2) is 6.56. The number of anilines is 1. The third-order valence-electron chi connectivity index (χ3n) is 2.86. The Morgan fingerprint density at radius 1 is 1.47 bits per heavy atom. The first kappa shape index (κ1) is 15.5. The van der Waals surface area contributed by atoms with E-state index in [4.69, 9.17) is 10.8 Å². The second-order valence-corrected chi connectivity index (χ2v) is 5.22. The summed E-state index contributed by atoms with van der Waals surface area (Å²) in [7, 11) is 0. The van der Waals surface area contributed by atoms with E-state index in [0.717, 1.165) is 4.47 Å². The van der Waals surface area contributed by atoms with E-state index in [2.05, 4.69) is 15.9 Å². The highest BCUT2D eigenvalue weighted by atomic mass is 79.9. The average molecular weight is 329 g/mol. The Morgan fingerprint density at radius 2 is 2.11 bits per heavy atom. The molecule has 0 aliphatic carbocycles. The number of halogens is 1. The zero-order valence-corrected chi connectivity index (χ0v) is 12.5. The van der Waals surface area contributed by atoms with Gasteiger partial charge in [-0.25, -0.2) is 0 Å². The number of carboxylic acids is 1. The van der Waals surface area contributed by atoms with Crippen molar-refractivity contribution in [3.8, 4) is 0 Å². The quantitative estimate of drug-likeness (QED) is 0.837. The van der Waals surface area contributed by atoms with Crippen molar-refractivity contribution in [2.45, 2.75) is 13.8 Å². The van der Waals surface area contributed by atoms with Gasteiger partial charge in [-0.1, -0.05) is 22.9 Å². The Kier molecular flexibility index (Phi) is 5.35.